The molecule has 1 aliphatic carbocycles. The first-order valence-corrected chi connectivity index (χ1v) is 9.47. The maximum Gasteiger partial charge on any atom is 0.316 e. The van der Waals surface area contributed by atoms with E-state index in [0.29, 0.717) is 28.7 Å². The predicted molar refractivity (Wildman–Crippen MR) is 100 cm³/mol. The summed E-state index contributed by atoms with van der Waals surface area (Å²) < 4.78 is 19.9. The molecular weight excluding hydrogens is 361 g/mol. The summed E-state index contributed by atoms with van der Waals surface area (Å²) in [5, 5.41) is 11.3. The molecule has 1 amide bonds. The Bertz CT molecular complexity index is 971. The van der Waals surface area contributed by atoms with Crippen molar-refractivity contribution in [3.63, 3.8) is 0 Å². The van der Waals surface area contributed by atoms with Crippen molar-refractivity contribution >= 4 is 5.91 Å². The second-order valence-electron chi connectivity index (χ2n) is 7.40. The van der Waals surface area contributed by atoms with E-state index >= 15 is 0 Å². The number of nitrogens with zero attached hydrogens (tertiary/aromatic N) is 4. The van der Waals surface area contributed by atoms with E-state index in [1.165, 1.54) is 12.1 Å². The molecular formula is C20H22FN5O2. The fourth-order valence-corrected chi connectivity index (χ4v) is 3.48. The molecule has 4 rings (SSSR count). The predicted octanol–water partition coefficient (Wildman–Crippen LogP) is 3.68. The molecule has 1 aromatic carbocycles. The lowest BCUT2D eigenvalue weighted by Crippen LogP contribution is -2.37. The van der Waals surface area contributed by atoms with Gasteiger partial charge in [-0.2, -0.15) is 10.1 Å². The molecule has 0 radical (unpaired) electrons. The summed E-state index contributed by atoms with van der Waals surface area (Å²) in [5.41, 5.74) is 2.04. The molecule has 3 aromatic rings. The van der Waals surface area contributed by atoms with Crippen molar-refractivity contribution < 1.29 is 13.7 Å². The van der Waals surface area contributed by atoms with Crippen LogP contribution in [0.2, 0.25) is 0 Å². The van der Waals surface area contributed by atoms with Crippen molar-refractivity contribution in [2.45, 2.75) is 45.6 Å². The summed E-state index contributed by atoms with van der Waals surface area (Å²) in [5.74, 6) is 0.301. The topological polar surface area (TPSA) is 85.8 Å². The average molecular weight is 383 g/mol. The number of halogens is 1. The third kappa shape index (κ3) is 3.81. The highest BCUT2D eigenvalue weighted by atomic mass is 19.1. The van der Waals surface area contributed by atoms with Gasteiger partial charge >= 0.3 is 11.8 Å². The molecule has 1 aliphatic rings. The van der Waals surface area contributed by atoms with Gasteiger partial charge in [0.1, 0.15) is 5.82 Å². The number of hydrogen-bond acceptors (Lipinski definition) is 5. The molecule has 0 aliphatic heterocycles. The molecule has 146 valence electrons. The van der Waals surface area contributed by atoms with Gasteiger partial charge in [0, 0.05) is 12.2 Å². The van der Waals surface area contributed by atoms with E-state index in [9.17, 15) is 9.18 Å². The van der Waals surface area contributed by atoms with Crippen LogP contribution in [0.3, 0.4) is 0 Å². The Balaban J connectivity index is 1.49. The summed E-state index contributed by atoms with van der Waals surface area (Å²) in [6, 6.07) is 6.16. The van der Waals surface area contributed by atoms with Crippen LogP contribution in [0.15, 0.2) is 35.0 Å². The maximum atomic E-state index is 13.1. The Morgan fingerprint density at radius 2 is 1.93 bits per heavy atom. The smallest absolute Gasteiger partial charge is 0.316 e. The third-order valence-electron chi connectivity index (χ3n) is 5.20. The van der Waals surface area contributed by atoms with E-state index in [0.717, 1.165) is 25.7 Å². The Morgan fingerprint density at radius 1 is 1.21 bits per heavy atom. The number of aryl methyl sites for hydroxylation is 1. The highest BCUT2D eigenvalue weighted by Gasteiger charge is 2.24. The molecule has 1 N–H and O–H groups in total. The van der Waals surface area contributed by atoms with E-state index in [4.69, 9.17) is 4.52 Å². The first kappa shape index (κ1) is 18.3. The van der Waals surface area contributed by atoms with Gasteiger partial charge in [-0.15, -0.1) is 0 Å². The Morgan fingerprint density at radius 3 is 2.64 bits per heavy atom. The quantitative estimate of drug-likeness (QED) is 0.743. The first-order chi connectivity index (χ1) is 13.5. The maximum absolute atomic E-state index is 13.1. The van der Waals surface area contributed by atoms with Crippen LogP contribution in [-0.4, -0.2) is 31.9 Å². The van der Waals surface area contributed by atoms with E-state index in [-0.39, 0.29) is 23.7 Å². The molecule has 28 heavy (non-hydrogen) atoms. The molecule has 0 unspecified atom stereocenters. The summed E-state index contributed by atoms with van der Waals surface area (Å²) >= 11 is 0. The minimum atomic E-state index is -0.345. The highest BCUT2D eigenvalue weighted by molar-refractivity contribution is 5.90. The summed E-state index contributed by atoms with van der Waals surface area (Å²) in [6.07, 6.45) is 5.90. The van der Waals surface area contributed by atoms with Crippen molar-refractivity contribution in [1.82, 2.24) is 25.2 Å². The van der Waals surface area contributed by atoms with Crippen molar-refractivity contribution in [2.24, 2.45) is 5.92 Å². The molecule has 8 heteroatoms. The summed E-state index contributed by atoms with van der Waals surface area (Å²) in [4.78, 5) is 16.7. The van der Waals surface area contributed by atoms with Crippen LogP contribution in [-0.2, 0) is 0 Å². The van der Waals surface area contributed by atoms with Gasteiger partial charge in [-0.1, -0.05) is 12.1 Å². The number of nitrogens with one attached hydrogen (secondary N) is 1. The second-order valence-corrected chi connectivity index (χ2v) is 7.40. The van der Waals surface area contributed by atoms with E-state index < -0.39 is 0 Å². The van der Waals surface area contributed by atoms with Crippen LogP contribution in [0, 0.1) is 18.7 Å². The molecule has 1 fully saturated rings. The minimum Gasteiger partial charge on any atom is -0.345 e. The van der Waals surface area contributed by atoms with E-state index in [1.807, 2.05) is 6.92 Å². The zero-order valence-corrected chi connectivity index (χ0v) is 15.9. The average Bonchev–Trinajstić information content (AvgIpc) is 3.31. The second kappa shape index (κ2) is 7.53. The lowest BCUT2D eigenvalue weighted by molar-refractivity contribution is 0.0878. The molecule has 1 saturated carbocycles. The van der Waals surface area contributed by atoms with Crippen molar-refractivity contribution in [2.75, 3.05) is 0 Å². The Kier molecular flexibility index (Phi) is 4.93. The number of carbonyl (C=O) groups is 1. The lowest BCUT2D eigenvalue weighted by Gasteiger charge is -2.26. The number of carbonyl (C=O) groups excluding carboxylic acids is 1. The SMILES string of the molecule is Cc1nn(-c2ccc(F)cc2)cc1-c1noc(C(=O)NC2CCC(C)CC2)n1. The lowest BCUT2D eigenvalue weighted by atomic mass is 9.87. The van der Waals surface area contributed by atoms with Crippen LogP contribution < -0.4 is 5.32 Å². The van der Waals surface area contributed by atoms with Crippen molar-refractivity contribution in [3.8, 4) is 17.1 Å². The molecule has 7 nitrogen and oxygen atoms in total. The van der Waals surface area contributed by atoms with Crippen LogP contribution in [0.1, 0.15) is 49.0 Å². The van der Waals surface area contributed by atoms with Crippen LogP contribution in [0.5, 0.6) is 0 Å². The molecule has 2 heterocycles. The monoisotopic (exact) mass is 383 g/mol. The van der Waals surface area contributed by atoms with Gasteiger partial charge in [0.15, 0.2) is 0 Å². The largest absolute Gasteiger partial charge is 0.345 e. The summed E-state index contributed by atoms with van der Waals surface area (Å²) in [7, 11) is 0. The van der Waals surface area contributed by atoms with Gasteiger partial charge in [0.2, 0.25) is 5.82 Å². The zero-order chi connectivity index (χ0) is 19.7. The van der Waals surface area contributed by atoms with Crippen molar-refractivity contribution in [3.05, 3.63) is 47.9 Å². The minimum absolute atomic E-state index is 0.0532. The van der Waals surface area contributed by atoms with E-state index in [1.54, 1.807) is 23.0 Å². The zero-order valence-electron chi connectivity index (χ0n) is 15.9. The normalized spacial score (nSPS) is 19.5. The van der Waals surface area contributed by atoms with Gasteiger partial charge in [0.25, 0.3) is 0 Å². The number of amides is 1. The van der Waals surface area contributed by atoms with Gasteiger partial charge in [0.05, 0.1) is 16.9 Å². The molecule has 0 atom stereocenters. The van der Waals surface area contributed by atoms with Gasteiger partial charge < -0.3 is 9.84 Å². The fourth-order valence-electron chi connectivity index (χ4n) is 3.48. The number of aromatic nitrogens is 4. The number of benzene rings is 1. The van der Waals surface area contributed by atoms with E-state index in [2.05, 4.69) is 27.5 Å². The Hall–Kier alpha value is -3.03. The molecule has 0 saturated heterocycles. The van der Waals surface area contributed by atoms with Crippen LogP contribution in [0.25, 0.3) is 17.1 Å². The fraction of sp³-hybridized carbons (Fsp3) is 0.400. The van der Waals surface area contributed by atoms with Crippen LogP contribution >= 0.6 is 0 Å². The van der Waals surface area contributed by atoms with Gasteiger partial charge in [-0.05, 0) is 62.8 Å². The molecule has 2 aromatic heterocycles. The molecule has 0 spiro atoms. The summed E-state index contributed by atoms with van der Waals surface area (Å²) in [6.45, 7) is 4.05. The molecule has 0 bridgehead atoms. The highest BCUT2D eigenvalue weighted by Crippen LogP contribution is 2.24. The first-order valence-electron chi connectivity index (χ1n) is 9.47. The number of rotatable bonds is 4. The van der Waals surface area contributed by atoms with Crippen LogP contribution in [0.4, 0.5) is 4.39 Å². The standard InChI is InChI=1S/C20H22FN5O2/c1-12-3-7-15(8-4-12)22-19(27)20-23-18(25-28-20)17-11-26(24-13(17)2)16-9-5-14(21)6-10-16/h5-6,9-12,15H,3-4,7-8H2,1-2H3,(H,22,27). The van der Waals surface area contributed by atoms with Gasteiger partial charge in [-0.3, -0.25) is 4.79 Å². The van der Waals surface area contributed by atoms with Crippen molar-refractivity contribution in [1.29, 1.82) is 0 Å². The Labute approximate surface area is 161 Å². The number of hydrogen-bond donors (Lipinski definition) is 1. The third-order valence-corrected chi connectivity index (χ3v) is 5.20. The van der Waals surface area contributed by atoms with Gasteiger partial charge in [-0.25, -0.2) is 9.07 Å².